The van der Waals surface area contributed by atoms with Gasteiger partial charge in [-0.05, 0) is 40.2 Å². The van der Waals surface area contributed by atoms with Gasteiger partial charge in [0.15, 0.2) is 5.78 Å². The Labute approximate surface area is 110 Å². The number of aromatic nitrogens is 1. The molecule has 0 aliphatic rings. The van der Waals surface area contributed by atoms with Crippen LogP contribution in [0.25, 0.3) is 0 Å². The number of carbonyl (C=O) groups excluding carboxylic acids is 1. The second-order valence-electron chi connectivity index (χ2n) is 3.00. The SMILES string of the molecule is O=C(CSc1ccncc1)c1ccc(Br)s1. The minimum absolute atomic E-state index is 0.164. The van der Waals surface area contributed by atoms with E-state index in [-0.39, 0.29) is 5.78 Å². The third-order valence-corrected chi connectivity index (χ3v) is 4.54. The number of hydrogen-bond donors (Lipinski definition) is 0. The average Bonchev–Trinajstić information content (AvgIpc) is 2.74. The zero-order chi connectivity index (χ0) is 11.4. The maximum absolute atomic E-state index is 11.8. The Morgan fingerprint density at radius 3 is 2.69 bits per heavy atom. The first kappa shape index (κ1) is 11.8. The topological polar surface area (TPSA) is 30.0 Å². The minimum Gasteiger partial charge on any atom is -0.292 e. The zero-order valence-corrected chi connectivity index (χ0v) is 11.4. The lowest BCUT2D eigenvalue weighted by atomic mass is 10.4. The van der Waals surface area contributed by atoms with E-state index in [1.54, 1.807) is 12.4 Å². The molecule has 0 fully saturated rings. The van der Waals surface area contributed by atoms with Crippen LogP contribution in [0.1, 0.15) is 9.67 Å². The monoisotopic (exact) mass is 313 g/mol. The smallest absolute Gasteiger partial charge is 0.183 e. The summed E-state index contributed by atoms with van der Waals surface area (Å²) in [5.41, 5.74) is 0. The highest BCUT2D eigenvalue weighted by Crippen LogP contribution is 2.25. The number of thiophene rings is 1. The molecule has 0 spiro atoms. The van der Waals surface area contributed by atoms with E-state index in [0.717, 1.165) is 13.6 Å². The van der Waals surface area contributed by atoms with Gasteiger partial charge in [-0.15, -0.1) is 23.1 Å². The van der Waals surface area contributed by atoms with Gasteiger partial charge < -0.3 is 0 Å². The van der Waals surface area contributed by atoms with Gasteiger partial charge in [0.25, 0.3) is 0 Å². The molecular weight excluding hydrogens is 306 g/mol. The second-order valence-corrected chi connectivity index (χ2v) is 6.51. The van der Waals surface area contributed by atoms with Gasteiger partial charge in [0.1, 0.15) is 0 Å². The van der Waals surface area contributed by atoms with Crippen LogP contribution in [0.5, 0.6) is 0 Å². The summed E-state index contributed by atoms with van der Waals surface area (Å²) in [7, 11) is 0. The van der Waals surface area contributed by atoms with E-state index < -0.39 is 0 Å². The quantitative estimate of drug-likeness (QED) is 0.634. The number of nitrogens with zero attached hydrogens (tertiary/aromatic N) is 1. The van der Waals surface area contributed by atoms with Crippen LogP contribution in [0, 0.1) is 0 Å². The molecule has 82 valence electrons. The first-order chi connectivity index (χ1) is 7.75. The number of hydrogen-bond acceptors (Lipinski definition) is 4. The standard InChI is InChI=1S/C11H8BrNOS2/c12-11-2-1-10(16-11)9(14)7-15-8-3-5-13-6-4-8/h1-6H,7H2. The van der Waals surface area contributed by atoms with E-state index in [9.17, 15) is 4.79 Å². The number of pyridine rings is 1. The summed E-state index contributed by atoms with van der Waals surface area (Å²) in [6.07, 6.45) is 3.46. The van der Waals surface area contributed by atoms with Crippen molar-refractivity contribution < 1.29 is 4.79 Å². The molecule has 0 amide bonds. The molecule has 0 aromatic carbocycles. The van der Waals surface area contributed by atoms with E-state index in [4.69, 9.17) is 0 Å². The number of halogens is 1. The highest BCUT2D eigenvalue weighted by atomic mass is 79.9. The van der Waals surface area contributed by atoms with Crippen molar-refractivity contribution in [1.82, 2.24) is 4.98 Å². The number of thioether (sulfide) groups is 1. The summed E-state index contributed by atoms with van der Waals surface area (Å²) in [5, 5.41) is 0. The highest BCUT2D eigenvalue weighted by Gasteiger charge is 2.08. The minimum atomic E-state index is 0.164. The predicted octanol–water partition coefficient (Wildman–Crippen LogP) is 3.88. The second kappa shape index (κ2) is 5.61. The van der Waals surface area contributed by atoms with Gasteiger partial charge in [-0.2, -0.15) is 0 Å². The molecule has 0 saturated carbocycles. The lowest BCUT2D eigenvalue weighted by Gasteiger charge is -1.98. The van der Waals surface area contributed by atoms with Crippen molar-refractivity contribution >= 4 is 44.8 Å². The van der Waals surface area contributed by atoms with Gasteiger partial charge in [-0.25, -0.2) is 0 Å². The highest BCUT2D eigenvalue weighted by molar-refractivity contribution is 9.11. The van der Waals surface area contributed by atoms with Crippen molar-refractivity contribution in [3.05, 3.63) is 45.3 Å². The summed E-state index contributed by atoms with van der Waals surface area (Å²) in [5.74, 6) is 0.634. The van der Waals surface area contributed by atoms with Crippen molar-refractivity contribution in [2.24, 2.45) is 0 Å². The molecule has 2 aromatic heterocycles. The Balaban J connectivity index is 1.94. The molecule has 2 heterocycles. The molecule has 2 nitrogen and oxygen atoms in total. The van der Waals surface area contributed by atoms with E-state index in [2.05, 4.69) is 20.9 Å². The molecule has 0 N–H and O–H groups in total. The normalized spacial score (nSPS) is 10.3. The molecule has 0 saturated heterocycles. The van der Waals surface area contributed by atoms with Gasteiger partial charge in [0.05, 0.1) is 14.4 Å². The van der Waals surface area contributed by atoms with Crippen LogP contribution in [-0.2, 0) is 0 Å². The first-order valence-corrected chi connectivity index (χ1v) is 7.16. The van der Waals surface area contributed by atoms with Crippen molar-refractivity contribution in [3.8, 4) is 0 Å². The number of Topliss-reactive ketones (excluding diaryl/α,β-unsaturated/α-hetero) is 1. The Hall–Kier alpha value is -0.650. The number of rotatable bonds is 4. The van der Waals surface area contributed by atoms with Crippen LogP contribution in [0.3, 0.4) is 0 Å². The van der Waals surface area contributed by atoms with Crippen LogP contribution in [0.4, 0.5) is 0 Å². The van der Waals surface area contributed by atoms with Crippen LogP contribution in [0.2, 0.25) is 0 Å². The predicted molar refractivity (Wildman–Crippen MR) is 71.3 cm³/mol. The fourth-order valence-electron chi connectivity index (χ4n) is 1.12. The Morgan fingerprint density at radius 2 is 2.06 bits per heavy atom. The summed E-state index contributed by atoms with van der Waals surface area (Å²) in [4.78, 5) is 17.6. The van der Waals surface area contributed by atoms with Crippen LogP contribution < -0.4 is 0 Å². The third kappa shape index (κ3) is 3.17. The van der Waals surface area contributed by atoms with Crippen LogP contribution in [0.15, 0.2) is 45.3 Å². The Bertz CT molecular complexity index is 484. The molecule has 0 aliphatic heterocycles. The fourth-order valence-corrected chi connectivity index (χ4v) is 3.30. The summed E-state index contributed by atoms with van der Waals surface area (Å²) in [6, 6.07) is 7.56. The van der Waals surface area contributed by atoms with Gasteiger partial charge in [0.2, 0.25) is 0 Å². The number of carbonyl (C=O) groups is 1. The molecule has 0 atom stereocenters. The van der Waals surface area contributed by atoms with Gasteiger partial charge in [-0.1, -0.05) is 0 Å². The molecule has 0 radical (unpaired) electrons. The molecular formula is C11H8BrNOS2. The molecule has 2 aromatic rings. The molecule has 2 rings (SSSR count). The van der Waals surface area contributed by atoms with Crippen molar-refractivity contribution in [2.45, 2.75) is 4.90 Å². The van der Waals surface area contributed by atoms with Gasteiger partial charge in [0, 0.05) is 17.3 Å². The molecule has 0 bridgehead atoms. The average molecular weight is 314 g/mol. The van der Waals surface area contributed by atoms with Gasteiger partial charge >= 0.3 is 0 Å². The van der Waals surface area contributed by atoms with Crippen molar-refractivity contribution in [1.29, 1.82) is 0 Å². The van der Waals surface area contributed by atoms with Crippen molar-refractivity contribution in [2.75, 3.05) is 5.75 Å². The maximum atomic E-state index is 11.8. The molecule has 5 heteroatoms. The van der Waals surface area contributed by atoms with E-state index in [1.807, 2.05) is 24.3 Å². The van der Waals surface area contributed by atoms with E-state index in [1.165, 1.54) is 23.1 Å². The van der Waals surface area contributed by atoms with Crippen LogP contribution >= 0.6 is 39.0 Å². The summed E-state index contributed by atoms with van der Waals surface area (Å²) in [6.45, 7) is 0. The fraction of sp³-hybridized carbons (Fsp3) is 0.0909. The van der Waals surface area contributed by atoms with Gasteiger partial charge in [-0.3, -0.25) is 9.78 Å². The first-order valence-electron chi connectivity index (χ1n) is 4.57. The Morgan fingerprint density at radius 1 is 1.31 bits per heavy atom. The molecule has 16 heavy (non-hydrogen) atoms. The maximum Gasteiger partial charge on any atom is 0.183 e. The van der Waals surface area contributed by atoms with E-state index in [0.29, 0.717) is 5.75 Å². The lowest BCUT2D eigenvalue weighted by molar-refractivity contribution is 0.102. The number of ketones is 1. The zero-order valence-electron chi connectivity index (χ0n) is 8.22. The van der Waals surface area contributed by atoms with Crippen molar-refractivity contribution in [3.63, 3.8) is 0 Å². The molecule has 0 aliphatic carbocycles. The summed E-state index contributed by atoms with van der Waals surface area (Å²) >= 11 is 6.35. The third-order valence-electron chi connectivity index (χ3n) is 1.87. The summed E-state index contributed by atoms with van der Waals surface area (Å²) < 4.78 is 0.991. The molecule has 0 unspecified atom stereocenters. The Kier molecular flexibility index (Phi) is 4.15. The van der Waals surface area contributed by atoms with E-state index >= 15 is 0 Å². The van der Waals surface area contributed by atoms with Crippen LogP contribution in [-0.4, -0.2) is 16.5 Å². The largest absolute Gasteiger partial charge is 0.292 e. The lowest BCUT2D eigenvalue weighted by Crippen LogP contribution is -1.98.